The van der Waals surface area contributed by atoms with Crippen LogP contribution in [0.5, 0.6) is 0 Å². The lowest BCUT2D eigenvalue weighted by atomic mass is 9.79. The molecule has 1 rings (SSSR count). The van der Waals surface area contributed by atoms with Gasteiger partial charge in [-0.2, -0.15) is 0 Å². The van der Waals surface area contributed by atoms with Gasteiger partial charge in [-0.1, -0.05) is 17.9 Å². The molecule has 0 saturated carbocycles. The molecule has 1 nitrogen and oxygen atoms in total. The second-order valence-electron chi connectivity index (χ2n) is 3.65. The molecule has 0 N–H and O–H groups in total. The molecule has 1 aromatic rings. The molecular weight excluding hydrogens is 171 g/mol. The van der Waals surface area contributed by atoms with E-state index in [1.54, 1.807) is 0 Å². The fourth-order valence-corrected chi connectivity index (χ4v) is 1.90. The minimum absolute atomic E-state index is 0.752. The molecule has 2 radical (unpaired) electrons. The van der Waals surface area contributed by atoms with Crippen molar-refractivity contribution in [2.75, 3.05) is 0 Å². The van der Waals surface area contributed by atoms with Gasteiger partial charge in [-0.3, -0.25) is 4.79 Å². The summed E-state index contributed by atoms with van der Waals surface area (Å²) < 4.78 is 0. The summed E-state index contributed by atoms with van der Waals surface area (Å²) in [5, 5.41) is 0. The van der Waals surface area contributed by atoms with E-state index in [1.165, 1.54) is 0 Å². The number of hydrogen-bond donors (Lipinski definition) is 0. The molecular formula is C12H15BO. The predicted octanol–water partition coefficient (Wildman–Crippen LogP) is 1.78. The van der Waals surface area contributed by atoms with Gasteiger partial charge in [0, 0.05) is 5.56 Å². The highest BCUT2D eigenvalue weighted by atomic mass is 16.1. The number of hydrogen-bond acceptors (Lipinski definition) is 1. The summed E-state index contributed by atoms with van der Waals surface area (Å²) >= 11 is 0. The molecule has 1 aromatic carbocycles. The van der Waals surface area contributed by atoms with Gasteiger partial charge in [0.2, 0.25) is 0 Å². The number of benzene rings is 1. The van der Waals surface area contributed by atoms with Gasteiger partial charge in [0.05, 0.1) is 0 Å². The molecule has 0 fully saturated rings. The molecule has 0 aliphatic carbocycles. The third-order valence-electron chi connectivity index (χ3n) is 3.02. The maximum Gasteiger partial charge on any atom is 0.150 e. The average Bonchev–Trinajstić information content (AvgIpc) is 2.20. The first-order chi connectivity index (χ1) is 6.54. The molecule has 0 bridgehead atoms. The summed E-state index contributed by atoms with van der Waals surface area (Å²) in [6.45, 7) is 8.00. The number of carbonyl (C=O) groups is 1. The fraction of sp³-hybridized carbons (Fsp3) is 0.417. The van der Waals surface area contributed by atoms with Crippen molar-refractivity contribution in [1.29, 1.82) is 0 Å². The van der Waals surface area contributed by atoms with Crippen molar-refractivity contribution >= 4 is 19.6 Å². The molecule has 0 aliphatic heterocycles. The third-order valence-corrected chi connectivity index (χ3v) is 3.02. The van der Waals surface area contributed by atoms with Crippen molar-refractivity contribution in [2.45, 2.75) is 34.1 Å². The maximum atomic E-state index is 11.0. The van der Waals surface area contributed by atoms with E-state index < -0.39 is 0 Å². The maximum absolute atomic E-state index is 11.0. The van der Waals surface area contributed by atoms with Crippen LogP contribution >= 0.6 is 0 Å². The normalized spacial score (nSPS) is 10.3. The van der Waals surface area contributed by atoms with Crippen LogP contribution in [-0.4, -0.2) is 14.1 Å². The molecule has 14 heavy (non-hydrogen) atoms. The first-order valence-electron chi connectivity index (χ1n) is 4.87. The topological polar surface area (TPSA) is 17.1 Å². The Labute approximate surface area is 86.9 Å². The van der Waals surface area contributed by atoms with Gasteiger partial charge < -0.3 is 0 Å². The van der Waals surface area contributed by atoms with E-state index in [0.717, 1.165) is 46.0 Å². The van der Waals surface area contributed by atoms with Gasteiger partial charge in [0.1, 0.15) is 7.85 Å². The van der Waals surface area contributed by atoms with Gasteiger partial charge >= 0.3 is 0 Å². The lowest BCUT2D eigenvalue weighted by molar-refractivity contribution is 0.112. The van der Waals surface area contributed by atoms with Crippen LogP contribution in [0.4, 0.5) is 0 Å². The molecule has 72 valence electrons. The second kappa shape index (κ2) is 3.99. The molecule has 0 amide bonds. The van der Waals surface area contributed by atoms with Crippen molar-refractivity contribution in [3.63, 3.8) is 0 Å². The Hall–Kier alpha value is -1.05. The number of carbonyl (C=O) groups excluding carboxylic acids is 1. The Kier molecular flexibility index (Phi) is 3.15. The Morgan fingerprint density at radius 3 is 2.14 bits per heavy atom. The first-order valence-corrected chi connectivity index (χ1v) is 4.87. The van der Waals surface area contributed by atoms with Crippen LogP contribution in [0, 0.1) is 20.8 Å². The lowest BCUT2D eigenvalue weighted by Gasteiger charge is -2.16. The van der Waals surface area contributed by atoms with Crippen LogP contribution in [0.2, 0.25) is 0 Å². The van der Waals surface area contributed by atoms with E-state index in [4.69, 9.17) is 7.85 Å². The molecule has 0 saturated heterocycles. The molecule has 0 spiro atoms. The summed E-state index contributed by atoms with van der Waals surface area (Å²) in [5.41, 5.74) is 5.82. The van der Waals surface area contributed by atoms with Crippen LogP contribution in [0.3, 0.4) is 0 Å². The molecule has 0 unspecified atom stereocenters. The molecule has 0 aliphatic rings. The predicted molar refractivity (Wildman–Crippen MR) is 60.8 cm³/mol. The van der Waals surface area contributed by atoms with Gasteiger partial charge in [0.25, 0.3) is 0 Å². The summed E-state index contributed by atoms with van der Waals surface area (Å²) in [7, 11) is 5.92. The lowest BCUT2D eigenvalue weighted by Crippen LogP contribution is -2.18. The number of aldehydes is 1. The molecule has 0 heterocycles. The van der Waals surface area contributed by atoms with Crippen molar-refractivity contribution in [3.8, 4) is 0 Å². The molecule has 0 aromatic heterocycles. The van der Waals surface area contributed by atoms with E-state index in [2.05, 4.69) is 6.92 Å². The van der Waals surface area contributed by atoms with Crippen LogP contribution in [0.1, 0.15) is 39.5 Å². The summed E-state index contributed by atoms with van der Waals surface area (Å²) in [4.78, 5) is 11.0. The van der Waals surface area contributed by atoms with E-state index in [0.29, 0.717) is 0 Å². The summed E-state index contributed by atoms with van der Waals surface area (Å²) in [6.07, 6.45) is 1.79. The zero-order valence-electron chi connectivity index (χ0n) is 9.27. The highest BCUT2D eigenvalue weighted by molar-refractivity contribution is 6.35. The standard InChI is InChI=1S/C12H15BO/c1-5-10-7(2)8(3)12(13)9(4)11(10)6-14/h6H,5H2,1-4H3. The van der Waals surface area contributed by atoms with Crippen molar-refractivity contribution in [3.05, 3.63) is 27.8 Å². The Morgan fingerprint density at radius 2 is 1.71 bits per heavy atom. The second-order valence-corrected chi connectivity index (χ2v) is 3.65. The van der Waals surface area contributed by atoms with Crippen LogP contribution in [-0.2, 0) is 6.42 Å². The van der Waals surface area contributed by atoms with Gasteiger partial charge in [-0.15, -0.1) is 0 Å². The number of rotatable bonds is 2. The minimum Gasteiger partial charge on any atom is -0.298 e. The van der Waals surface area contributed by atoms with E-state index in [-0.39, 0.29) is 0 Å². The summed E-state index contributed by atoms with van der Waals surface area (Å²) in [5.74, 6) is 0. The zero-order valence-corrected chi connectivity index (χ0v) is 9.27. The van der Waals surface area contributed by atoms with Crippen LogP contribution < -0.4 is 5.46 Å². The summed E-state index contributed by atoms with van der Waals surface area (Å²) in [6, 6.07) is 0. The zero-order chi connectivity index (χ0) is 10.9. The van der Waals surface area contributed by atoms with Gasteiger partial charge in [0.15, 0.2) is 6.29 Å². The van der Waals surface area contributed by atoms with E-state index in [9.17, 15) is 4.79 Å². The fourth-order valence-electron chi connectivity index (χ4n) is 1.90. The van der Waals surface area contributed by atoms with Crippen LogP contribution in [0.15, 0.2) is 0 Å². The average molecular weight is 186 g/mol. The molecule has 0 atom stereocenters. The highest BCUT2D eigenvalue weighted by Gasteiger charge is 2.12. The van der Waals surface area contributed by atoms with Gasteiger partial charge in [-0.05, 0) is 43.9 Å². The SMILES string of the molecule is [B]c1c(C)c(C)c(CC)c(C=O)c1C. The van der Waals surface area contributed by atoms with Crippen molar-refractivity contribution in [1.82, 2.24) is 0 Å². The Bertz CT molecular complexity index is 381. The first kappa shape index (κ1) is 11.0. The van der Waals surface area contributed by atoms with Crippen molar-refractivity contribution < 1.29 is 4.79 Å². The third kappa shape index (κ3) is 1.49. The quantitative estimate of drug-likeness (QED) is 0.508. The smallest absolute Gasteiger partial charge is 0.150 e. The van der Waals surface area contributed by atoms with E-state index >= 15 is 0 Å². The minimum atomic E-state index is 0.752. The van der Waals surface area contributed by atoms with E-state index in [1.807, 2.05) is 20.8 Å². The van der Waals surface area contributed by atoms with Crippen LogP contribution in [0.25, 0.3) is 0 Å². The molecule has 2 heteroatoms. The monoisotopic (exact) mass is 186 g/mol. The van der Waals surface area contributed by atoms with Gasteiger partial charge in [-0.25, -0.2) is 0 Å². The Morgan fingerprint density at radius 1 is 1.14 bits per heavy atom. The van der Waals surface area contributed by atoms with Crippen molar-refractivity contribution in [2.24, 2.45) is 0 Å². The Balaban J connectivity index is 3.65. The highest BCUT2D eigenvalue weighted by Crippen LogP contribution is 2.19. The largest absolute Gasteiger partial charge is 0.298 e.